The first kappa shape index (κ1) is 39.2. The summed E-state index contributed by atoms with van der Waals surface area (Å²) in [4.78, 5) is 30.3. The summed E-state index contributed by atoms with van der Waals surface area (Å²) in [6.07, 6.45) is 6.46. The van der Waals surface area contributed by atoms with Crippen molar-refractivity contribution < 1.29 is 19.8 Å². The van der Waals surface area contributed by atoms with Crippen molar-refractivity contribution in [2.45, 2.75) is 76.0 Å². The molecule has 1 saturated heterocycles. The van der Waals surface area contributed by atoms with Crippen LogP contribution in [0.1, 0.15) is 61.3 Å². The summed E-state index contributed by atoms with van der Waals surface area (Å²) < 4.78 is 6.74. The largest absolute Gasteiger partial charge is 0.394 e. The zero-order valence-electron chi connectivity index (χ0n) is 32.2. The van der Waals surface area contributed by atoms with Gasteiger partial charge in [0.2, 0.25) is 11.8 Å². The summed E-state index contributed by atoms with van der Waals surface area (Å²) in [5, 5.41) is 27.5. The van der Waals surface area contributed by atoms with Crippen LogP contribution in [0.15, 0.2) is 51.7 Å². The number of aryl methyl sites for hydroxylation is 2. The average molecular weight is 867 g/mol. The fourth-order valence-electron chi connectivity index (χ4n) is 9.53. The number of likely N-dealkylation sites (tertiary alicyclic amines) is 1. The molecule has 2 aromatic heterocycles. The number of fused-ring (bicyclic) bond motifs is 4. The first-order chi connectivity index (χ1) is 25.9. The Morgan fingerprint density at radius 1 is 0.796 bits per heavy atom. The summed E-state index contributed by atoms with van der Waals surface area (Å²) in [6.45, 7) is 5.39. The van der Waals surface area contributed by atoms with E-state index in [4.69, 9.17) is 0 Å². The van der Waals surface area contributed by atoms with Crippen molar-refractivity contribution >= 4 is 71.1 Å². The number of hydrogen-bond acceptors (Lipinski definition) is 6. The van der Waals surface area contributed by atoms with Gasteiger partial charge < -0.3 is 34.9 Å². The molecule has 7 atom stereocenters. The molecule has 10 nitrogen and oxygen atoms in total. The van der Waals surface area contributed by atoms with Crippen molar-refractivity contribution in [3.63, 3.8) is 0 Å². The van der Waals surface area contributed by atoms with Crippen molar-refractivity contribution in [1.29, 1.82) is 0 Å². The maximum absolute atomic E-state index is 12.8. The quantitative estimate of drug-likeness (QED) is 0.187. The van der Waals surface area contributed by atoms with Gasteiger partial charge >= 0.3 is 0 Å². The normalized spacial score (nSPS) is 24.6. The molecule has 8 rings (SSSR count). The summed E-state index contributed by atoms with van der Waals surface area (Å²) in [5.74, 6) is 0.195. The van der Waals surface area contributed by atoms with Crippen LogP contribution in [0, 0.1) is 11.8 Å². The monoisotopic (exact) mass is 864 g/mol. The summed E-state index contributed by atoms with van der Waals surface area (Å²) in [7, 11) is 8.43. The van der Waals surface area contributed by atoms with E-state index in [2.05, 4.69) is 132 Å². The predicted octanol–water partition coefficient (Wildman–Crippen LogP) is 5.49. The second kappa shape index (κ2) is 15.9. The van der Waals surface area contributed by atoms with Gasteiger partial charge in [0, 0.05) is 67.0 Å². The van der Waals surface area contributed by atoms with E-state index >= 15 is 0 Å². The third-order valence-electron chi connectivity index (χ3n) is 12.7. The van der Waals surface area contributed by atoms with Crippen LogP contribution >= 0.6 is 31.9 Å². The molecule has 0 spiro atoms. The predicted molar refractivity (Wildman–Crippen MR) is 222 cm³/mol. The molecule has 0 saturated carbocycles. The Morgan fingerprint density at radius 3 is 2.02 bits per heavy atom. The van der Waals surface area contributed by atoms with Gasteiger partial charge in [0.05, 0.1) is 46.3 Å². The molecule has 12 heteroatoms. The Morgan fingerprint density at radius 2 is 1.39 bits per heavy atom. The van der Waals surface area contributed by atoms with Gasteiger partial charge in [0.15, 0.2) is 0 Å². The van der Waals surface area contributed by atoms with Gasteiger partial charge in [-0.15, -0.1) is 0 Å². The lowest BCUT2D eigenvalue weighted by Gasteiger charge is -2.45. The highest BCUT2D eigenvalue weighted by Gasteiger charge is 2.43. The van der Waals surface area contributed by atoms with Crippen LogP contribution in [0.5, 0.6) is 0 Å². The third-order valence-corrected chi connectivity index (χ3v) is 14.7. The molecular weight excluding hydrogens is 812 g/mol. The van der Waals surface area contributed by atoms with E-state index in [0.717, 1.165) is 43.3 Å². The number of nitrogens with zero attached hydrogens (tertiary/aromatic N) is 4. The van der Waals surface area contributed by atoms with Gasteiger partial charge in [-0.05, 0) is 118 Å². The van der Waals surface area contributed by atoms with Gasteiger partial charge in [-0.25, -0.2) is 0 Å². The lowest BCUT2D eigenvalue weighted by atomic mass is 9.72. The highest BCUT2D eigenvalue weighted by atomic mass is 79.9. The van der Waals surface area contributed by atoms with Gasteiger partial charge in [0.25, 0.3) is 0 Å². The second-order valence-corrected chi connectivity index (χ2v) is 17.3. The summed E-state index contributed by atoms with van der Waals surface area (Å²) >= 11 is 7.57. The van der Waals surface area contributed by atoms with E-state index in [1.165, 1.54) is 54.2 Å². The smallest absolute Gasteiger partial charge is 0.228 e. The molecule has 54 heavy (non-hydrogen) atoms. The number of aromatic nitrogens is 2. The Kier molecular flexibility index (Phi) is 11.5. The number of amides is 2. The Balaban J connectivity index is 0.000000167. The fourth-order valence-corrected chi connectivity index (χ4v) is 10.6. The molecule has 0 radical (unpaired) electrons. The van der Waals surface area contributed by atoms with Crippen LogP contribution in [-0.2, 0) is 36.5 Å². The topological polar surface area (TPSA) is 115 Å². The molecular formula is C42H54Br2N6O4. The number of carbonyl (C=O) groups is 2. The van der Waals surface area contributed by atoms with Crippen LogP contribution < -0.4 is 10.6 Å². The van der Waals surface area contributed by atoms with Crippen LogP contribution in [0.25, 0.3) is 27.4 Å². The van der Waals surface area contributed by atoms with E-state index < -0.39 is 0 Å². The summed E-state index contributed by atoms with van der Waals surface area (Å²) in [6, 6.07) is 13.4. The molecule has 4 heterocycles. The molecule has 4 aliphatic rings. The van der Waals surface area contributed by atoms with Gasteiger partial charge in [-0.1, -0.05) is 44.2 Å². The van der Waals surface area contributed by atoms with Crippen molar-refractivity contribution in [1.82, 2.24) is 29.6 Å². The third kappa shape index (κ3) is 6.78. The number of halogens is 2. The summed E-state index contributed by atoms with van der Waals surface area (Å²) in [5.41, 5.74) is 9.08. The lowest BCUT2D eigenvalue weighted by molar-refractivity contribution is -0.128. The molecule has 4 N–H and O–H groups in total. The number of hydrogen-bond donors (Lipinski definition) is 4. The number of aliphatic hydroxyl groups excluding tert-OH is 2. The van der Waals surface area contributed by atoms with Crippen LogP contribution in [0.2, 0.25) is 0 Å². The number of nitrogens with one attached hydrogen (secondary N) is 2. The highest BCUT2D eigenvalue weighted by molar-refractivity contribution is 9.10. The fraction of sp³-hybridized carbons (Fsp3) is 0.524. The van der Waals surface area contributed by atoms with E-state index in [1.807, 2.05) is 13.8 Å². The van der Waals surface area contributed by atoms with Crippen LogP contribution in [0.4, 0.5) is 0 Å². The first-order valence-corrected chi connectivity index (χ1v) is 21.0. The van der Waals surface area contributed by atoms with Crippen molar-refractivity contribution in [2.24, 2.45) is 25.9 Å². The molecule has 1 unspecified atom stereocenters. The Bertz CT molecular complexity index is 2100. The number of likely N-dealkylation sites (N-methyl/N-ethyl adjacent to an activating group) is 2. The number of aliphatic hydroxyl groups is 2. The molecule has 4 aromatic rings. The zero-order valence-corrected chi connectivity index (χ0v) is 35.4. The number of piperidine rings is 1. The molecule has 1 fully saturated rings. The Labute approximate surface area is 335 Å². The van der Waals surface area contributed by atoms with Gasteiger partial charge in [-0.3, -0.25) is 14.5 Å². The molecule has 2 aromatic carbocycles. The minimum Gasteiger partial charge on any atom is -0.394 e. The van der Waals surface area contributed by atoms with E-state index in [-0.39, 0.29) is 55.0 Å². The van der Waals surface area contributed by atoms with E-state index in [1.54, 1.807) is 0 Å². The van der Waals surface area contributed by atoms with Gasteiger partial charge in [-0.2, -0.15) is 0 Å². The standard InChI is InChI=1S/C21H28BrN3O2.C21H26BrN3O2/c2*1-4-13(11-26)23-21(27)12-8-15-14-6-5-7-17-19(14)16(20(22)25(17)3)9-18(15)24(2)10-12/h5-7,12-13,15,18,26H,4,8-11H2,1-3H3,(H,23,27);5-8,12-13,18,26H,4,9-11H2,1-3H3,(H,23,27)/t12-,13+,15?,18-;12-,13+,18-/m11/s1. The minimum absolute atomic E-state index is 0.000846. The van der Waals surface area contributed by atoms with E-state index in [0.29, 0.717) is 18.5 Å². The van der Waals surface area contributed by atoms with Crippen molar-refractivity contribution in [2.75, 3.05) is 40.4 Å². The maximum atomic E-state index is 12.8. The minimum atomic E-state index is -0.203. The molecule has 2 aliphatic heterocycles. The Hall–Kier alpha value is -3.00. The number of rotatable bonds is 8. The number of benzene rings is 2. The average Bonchev–Trinajstić information content (AvgIpc) is 3.58. The van der Waals surface area contributed by atoms with Crippen LogP contribution in [-0.4, -0.2) is 106 Å². The molecule has 2 aliphatic carbocycles. The molecule has 0 bridgehead atoms. The SMILES string of the molecule is CC[C@@H](CO)NC(=O)[C@@H]1C=C2c3cccc4c3c(c(Br)n4C)C[C@H]2N(C)C1.CC[C@@H](CO)NC(=O)[C@@H]1CC2c3cccc4c3c(c(Br)n4C)C[C@H]2N(C)C1. The van der Waals surface area contributed by atoms with Crippen molar-refractivity contribution in [3.8, 4) is 0 Å². The van der Waals surface area contributed by atoms with E-state index in [9.17, 15) is 19.8 Å². The molecule has 2 amide bonds. The van der Waals surface area contributed by atoms with Crippen molar-refractivity contribution in [3.05, 3.63) is 73.9 Å². The van der Waals surface area contributed by atoms with Gasteiger partial charge in [0.1, 0.15) is 0 Å². The molecule has 290 valence electrons. The lowest BCUT2D eigenvalue weighted by Crippen LogP contribution is -2.52. The first-order valence-electron chi connectivity index (χ1n) is 19.4. The second-order valence-electron chi connectivity index (χ2n) is 15.8. The highest BCUT2D eigenvalue weighted by Crippen LogP contribution is 2.47. The zero-order chi connectivity index (χ0) is 38.6. The maximum Gasteiger partial charge on any atom is 0.228 e. The number of carbonyl (C=O) groups excluding carboxylic acids is 2. The van der Waals surface area contributed by atoms with Crippen LogP contribution in [0.3, 0.4) is 0 Å².